The molecule has 0 radical (unpaired) electrons. The molecule has 7 nitrogen and oxygen atoms in total. The Morgan fingerprint density at radius 3 is 2.87 bits per heavy atom. The van der Waals surface area contributed by atoms with Gasteiger partial charge in [-0.3, -0.25) is 9.59 Å². The smallest absolute Gasteiger partial charge is 0.231 e. The first-order chi connectivity index (χ1) is 15.2. The van der Waals surface area contributed by atoms with Crippen molar-refractivity contribution in [1.82, 2.24) is 9.88 Å². The Kier molecular flexibility index (Phi) is 5.30. The van der Waals surface area contributed by atoms with Crippen molar-refractivity contribution in [3.8, 4) is 22.8 Å². The van der Waals surface area contributed by atoms with Gasteiger partial charge in [-0.25, -0.2) is 4.98 Å². The molecular formula is C23H21N3O4S. The predicted molar refractivity (Wildman–Crippen MR) is 117 cm³/mol. The molecule has 0 aliphatic carbocycles. The molecule has 2 amide bonds. The quantitative estimate of drug-likeness (QED) is 0.640. The molecule has 158 valence electrons. The summed E-state index contributed by atoms with van der Waals surface area (Å²) >= 11 is 1.36. The van der Waals surface area contributed by atoms with Gasteiger partial charge in [0.25, 0.3) is 0 Å². The van der Waals surface area contributed by atoms with Crippen LogP contribution in [0.3, 0.4) is 0 Å². The molecular weight excluding hydrogens is 414 g/mol. The van der Waals surface area contributed by atoms with E-state index in [0.717, 1.165) is 23.4 Å². The lowest BCUT2D eigenvalue weighted by Gasteiger charge is -2.16. The van der Waals surface area contributed by atoms with Crippen LogP contribution in [0.25, 0.3) is 11.3 Å². The van der Waals surface area contributed by atoms with Crippen molar-refractivity contribution in [3.63, 3.8) is 0 Å². The van der Waals surface area contributed by atoms with Crippen molar-refractivity contribution in [2.45, 2.75) is 12.8 Å². The third kappa shape index (κ3) is 4.25. The van der Waals surface area contributed by atoms with Crippen molar-refractivity contribution in [2.75, 3.05) is 25.2 Å². The summed E-state index contributed by atoms with van der Waals surface area (Å²) in [5.41, 5.74) is 2.83. The van der Waals surface area contributed by atoms with E-state index in [-0.39, 0.29) is 30.9 Å². The van der Waals surface area contributed by atoms with E-state index in [4.69, 9.17) is 9.47 Å². The summed E-state index contributed by atoms with van der Waals surface area (Å²) in [5.74, 6) is 0.908. The standard InChI is InChI=1S/C23H21N3O4S/c27-21-11-17(12-26(21)9-8-15-4-2-1-3-5-15)22(28)25-23-24-18(13-31-23)16-6-7-19-20(10-16)30-14-29-19/h1-7,10,13,17H,8-9,11-12,14H2,(H,24,25,28)/t17-/m1/s1. The van der Waals surface area contributed by atoms with Crippen LogP contribution in [0.15, 0.2) is 53.9 Å². The van der Waals surface area contributed by atoms with Crippen molar-refractivity contribution in [3.05, 3.63) is 59.5 Å². The number of fused-ring (bicyclic) bond motifs is 1. The zero-order valence-electron chi connectivity index (χ0n) is 16.7. The SMILES string of the molecule is O=C(Nc1nc(-c2ccc3c(c2)OCO3)cs1)[C@@H]1CC(=O)N(CCc2ccccc2)C1. The number of nitrogens with one attached hydrogen (secondary N) is 1. The van der Waals surface area contributed by atoms with E-state index in [2.05, 4.69) is 10.3 Å². The summed E-state index contributed by atoms with van der Waals surface area (Å²) in [5, 5.41) is 5.28. The highest BCUT2D eigenvalue weighted by Gasteiger charge is 2.34. The van der Waals surface area contributed by atoms with Gasteiger partial charge in [-0.15, -0.1) is 11.3 Å². The van der Waals surface area contributed by atoms with Crippen molar-refractivity contribution < 1.29 is 19.1 Å². The first-order valence-corrected chi connectivity index (χ1v) is 11.0. The molecule has 1 fully saturated rings. The molecule has 8 heteroatoms. The van der Waals surface area contributed by atoms with Gasteiger partial charge in [0.05, 0.1) is 11.6 Å². The molecule has 3 aromatic rings. The molecule has 3 heterocycles. The lowest BCUT2D eigenvalue weighted by molar-refractivity contribution is -0.128. The fourth-order valence-electron chi connectivity index (χ4n) is 3.80. The van der Waals surface area contributed by atoms with Gasteiger partial charge in [0.1, 0.15) is 0 Å². The Bertz CT molecular complexity index is 1120. The lowest BCUT2D eigenvalue weighted by atomic mass is 10.1. The largest absolute Gasteiger partial charge is 0.454 e. The van der Waals surface area contributed by atoms with Crippen LogP contribution in [0, 0.1) is 5.92 Å². The number of carbonyl (C=O) groups excluding carboxylic acids is 2. The van der Waals surface area contributed by atoms with Crippen LogP contribution >= 0.6 is 11.3 Å². The normalized spacial score (nSPS) is 17.2. The minimum atomic E-state index is -0.360. The number of benzene rings is 2. The molecule has 1 N–H and O–H groups in total. The van der Waals surface area contributed by atoms with Crippen LogP contribution in [0.2, 0.25) is 0 Å². The van der Waals surface area contributed by atoms with Gasteiger partial charge in [-0.1, -0.05) is 30.3 Å². The highest BCUT2D eigenvalue weighted by molar-refractivity contribution is 7.14. The maximum Gasteiger partial charge on any atom is 0.231 e. The van der Waals surface area contributed by atoms with Gasteiger partial charge < -0.3 is 19.7 Å². The van der Waals surface area contributed by atoms with E-state index >= 15 is 0 Å². The summed E-state index contributed by atoms with van der Waals surface area (Å²) in [7, 11) is 0. The number of anilines is 1. The zero-order chi connectivity index (χ0) is 21.2. The summed E-state index contributed by atoms with van der Waals surface area (Å²) in [4.78, 5) is 31.4. The van der Waals surface area contributed by atoms with E-state index in [1.54, 1.807) is 4.90 Å². The number of amides is 2. The van der Waals surface area contributed by atoms with Crippen LogP contribution < -0.4 is 14.8 Å². The van der Waals surface area contributed by atoms with E-state index < -0.39 is 0 Å². The number of hydrogen-bond acceptors (Lipinski definition) is 6. The second-order valence-corrected chi connectivity index (χ2v) is 8.43. The number of carbonyl (C=O) groups is 2. The average molecular weight is 436 g/mol. The summed E-state index contributed by atoms with van der Waals surface area (Å²) in [6.07, 6.45) is 1.02. The molecule has 2 aromatic carbocycles. The van der Waals surface area contributed by atoms with Gasteiger partial charge in [0.15, 0.2) is 16.6 Å². The number of rotatable bonds is 6. The predicted octanol–water partition coefficient (Wildman–Crippen LogP) is 3.57. The number of ether oxygens (including phenoxy) is 2. The van der Waals surface area contributed by atoms with Gasteiger partial charge in [0, 0.05) is 30.5 Å². The van der Waals surface area contributed by atoms with E-state index in [0.29, 0.717) is 24.0 Å². The van der Waals surface area contributed by atoms with Crippen molar-refractivity contribution >= 4 is 28.3 Å². The number of aromatic nitrogens is 1. The first-order valence-electron chi connectivity index (χ1n) is 10.1. The molecule has 31 heavy (non-hydrogen) atoms. The minimum Gasteiger partial charge on any atom is -0.454 e. The molecule has 1 aromatic heterocycles. The second-order valence-electron chi connectivity index (χ2n) is 7.57. The molecule has 0 unspecified atom stereocenters. The number of nitrogens with zero attached hydrogens (tertiary/aromatic N) is 2. The van der Waals surface area contributed by atoms with Gasteiger partial charge in [-0.05, 0) is 30.2 Å². The molecule has 5 rings (SSSR count). The maximum atomic E-state index is 12.7. The van der Waals surface area contributed by atoms with Crippen LogP contribution in [0.4, 0.5) is 5.13 Å². The first kappa shape index (κ1) is 19.6. The van der Waals surface area contributed by atoms with Crippen LogP contribution in [-0.4, -0.2) is 41.6 Å². The summed E-state index contributed by atoms with van der Waals surface area (Å²) in [6.45, 7) is 1.29. The highest BCUT2D eigenvalue weighted by atomic mass is 32.1. The number of likely N-dealkylation sites (tertiary alicyclic amines) is 1. The van der Waals surface area contributed by atoms with Crippen LogP contribution in [-0.2, 0) is 16.0 Å². The van der Waals surface area contributed by atoms with Crippen molar-refractivity contribution in [2.24, 2.45) is 5.92 Å². The van der Waals surface area contributed by atoms with Gasteiger partial charge in [0.2, 0.25) is 18.6 Å². The molecule has 0 bridgehead atoms. The van der Waals surface area contributed by atoms with E-state index in [1.165, 1.54) is 16.9 Å². The number of thiazole rings is 1. The summed E-state index contributed by atoms with van der Waals surface area (Å²) in [6, 6.07) is 15.7. The van der Waals surface area contributed by atoms with Gasteiger partial charge >= 0.3 is 0 Å². The fourth-order valence-corrected chi connectivity index (χ4v) is 4.52. The topological polar surface area (TPSA) is 80.8 Å². The monoisotopic (exact) mass is 435 g/mol. The molecule has 1 saturated heterocycles. The number of hydrogen-bond donors (Lipinski definition) is 1. The van der Waals surface area contributed by atoms with Crippen LogP contribution in [0.5, 0.6) is 11.5 Å². The maximum absolute atomic E-state index is 12.7. The molecule has 0 saturated carbocycles. The zero-order valence-corrected chi connectivity index (χ0v) is 17.6. The van der Waals surface area contributed by atoms with Crippen molar-refractivity contribution in [1.29, 1.82) is 0 Å². The molecule has 0 spiro atoms. The van der Waals surface area contributed by atoms with Crippen LogP contribution in [0.1, 0.15) is 12.0 Å². The molecule has 2 aliphatic rings. The Balaban J connectivity index is 1.18. The Morgan fingerprint density at radius 1 is 1.16 bits per heavy atom. The fraction of sp³-hybridized carbons (Fsp3) is 0.261. The Hall–Kier alpha value is -3.39. The Morgan fingerprint density at radius 2 is 2.00 bits per heavy atom. The van der Waals surface area contributed by atoms with Gasteiger partial charge in [-0.2, -0.15) is 0 Å². The minimum absolute atomic E-state index is 0.0243. The second kappa shape index (κ2) is 8.39. The highest BCUT2D eigenvalue weighted by Crippen LogP contribution is 2.36. The Labute approximate surface area is 183 Å². The van der Waals surface area contributed by atoms with E-state index in [9.17, 15) is 9.59 Å². The molecule has 1 atom stereocenters. The third-order valence-electron chi connectivity index (χ3n) is 5.50. The molecule has 2 aliphatic heterocycles. The third-order valence-corrected chi connectivity index (χ3v) is 6.26. The van der Waals surface area contributed by atoms with E-state index in [1.807, 2.05) is 53.9 Å². The average Bonchev–Trinajstić information content (AvgIpc) is 3.52. The lowest BCUT2D eigenvalue weighted by Crippen LogP contribution is -2.30. The summed E-state index contributed by atoms with van der Waals surface area (Å²) < 4.78 is 10.8.